The summed E-state index contributed by atoms with van der Waals surface area (Å²) in [6.45, 7) is 6.79. The summed E-state index contributed by atoms with van der Waals surface area (Å²) >= 11 is 0. The van der Waals surface area contributed by atoms with E-state index in [9.17, 15) is 0 Å². The predicted octanol–water partition coefficient (Wildman–Crippen LogP) is 4.65. The zero-order valence-electron chi connectivity index (χ0n) is 13.7. The fraction of sp³-hybridized carbons (Fsp3) is 0.200. The molecule has 0 saturated carbocycles. The zero-order valence-corrected chi connectivity index (χ0v) is 13.7. The molecule has 0 N–H and O–H groups in total. The van der Waals surface area contributed by atoms with Crippen LogP contribution < -0.4 is 4.74 Å². The molecule has 0 fully saturated rings. The Bertz CT molecular complexity index is 813. The van der Waals surface area contributed by atoms with Crippen molar-refractivity contribution in [2.45, 2.75) is 27.4 Å². The van der Waals surface area contributed by atoms with Crippen LogP contribution in [0.2, 0.25) is 0 Å². The molecule has 1 aromatic heterocycles. The Balaban J connectivity index is 1.82. The first kappa shape index (κ1) is 15.2. The Hall–Kier alpha value is -2.68. The number of hydrogen-bond donors (Lipinski definition) is 0. The molecule has 0 aliphatic heterocycles. The molecule has 116 valence electrons. The van der Waals surface area contributed by atoms with Crippen LogP contribution >= 0.6 is 0 Å². The second kappa shape index (κ2) is 6.61. The Morgan fingerprint density at radius 2 is 1.70 bits per heavy atom. The van der Waals surface area contributed by atoms with Crippen LogP contribution in [0.3, 0.4) is 0 Å². The van der Waals surface area contributed by atoms with Gasteiger partial charge in [-0.15, -0.1) is 0 Å². The van der Waals surface area contributed by atoms with Crippen LogP contribution in [0.4, 0.5) is 0 Å². The van der Waals surface area contributed by atoms with Gasteiger partial charge in [-0.1, -0.05) is 30.3 Å². The number of aromatic nitrogens is 2. The van der Waals surface area contributed by atoms with E-state index in [2.05, 4.69) is 55.2 Å². The summed E-state index contributed by atoms with van der Waals surface area (Å²) in [6, 6.07) is 16.3. The molecule has 0 atom stereocenters. The summed E-state index contributed by atoms with van der Waals surface area (Å²) in [7, 11) is 0. The van der Waals surface area contributed by atoms with Gasteiger partial charge in [0, 0.05) is 5.56 Å². The molecular weight excluding hydrogens is 284 g/mol. The average molecular weight is 304 g/mol. The van der Waals surface area contributed by atoms with Gasteiger partial charge in [-0.05, 0) is 61.2 Å². The fourth-order valence-electron chi connectivity index (χ4n) is 2.52. The Morgan fingerprint density at radius 1 is 0.913 bits per heavy atom. The van der Waals surface area contributed by atoms with Crippen LogP contribution in [-0.4, -0.2) is 10.2 Å². The minimum absolute atomic E-state index is 0.572. The van der Waals surface area contributed by atoms with Gasteiger partial charge in [-0.3, -0.25) is 0 Å². The number of aryl methyl sites for hydroxylation is 2. The van der Waals surface area contributed by atoms with E-state index in [-0.39, 0.29) is 0 Å². The molecule has 0 saturated heterocycles. The van der Waals surface area contributed by atoms with Gasteiger partial charge in [0.15, 0.2) is 0 Å². The van der Waals surface area contributed by atoms with Crippen LogP contribution in [0.15, 0.2) is 54.7 Å². The molecule has 3 rings (SSSR count). The highest BCUT2D eigenvalue weighted by Crippen LogP contribution is 2.28. The number of ether oxygens (including phenoxy) is 1. The maximum absolute atomic E-state index is 5.88. The van der Waals surface area contributed by atoms with Gasteiger partial charge >= 0.3 is 0 Å². The fourth-order valence-corrected chi connectivity index (χ4v) is 2.52. The normalized spacial score (nSPS) is 10.6. The molecule has 23 heavy (non-hydrogen) atoms. The SMILES string of the molecule is Cc1cc(OCc2ccccc2)ccc1-c1nncc(C)c1C. The molecule has 0 unspecified atom stereocenters. The van der Waals surface area contributed by atoms with Gasteiger partial charge in [0.25, 0.3) is 0 Å². The summed E-state index contributed by atoms with van der Waals surface area (Å²) in [4.78, 5) is 0. The third-order valence-corrected chi connectivity index (χ3v) is 4.06. The lowest BCUT2D eigenvalue weighted by Crippen LogP contribution is -1.98. The molecule has 0 spiro atoms. The molecule has 3 aromatic rings. The van der Waals surface area contributed by atoms with E-state index in [1.807, 2.05) is 24.3 Å². The highest BCUT2D eigenvalue weighted by atomic mass is 16.5. The van der Waals surface area contributed by atoms with Crippen LogP contribution in [0.25, 0.3) is 11.3 Å². The summed E-state index contributed by atoms with van der Waals surface area (Å²) in [5.41, 5.74) is 6.66. The molecule has 0 radical (unpaired) electrons. The van der Waals surface area contributed by atoms with Gasteiger partial charge in [-0.2, -0.15) is 10.2 Å². The molecular formula is C20H20N2O. The first-order valence-corrected chi connectivity index (χ1v) is 7.72. The third kappa shape index (κ3) is 3.39. The van der Waals surface area contributed by atoms with E-state index >= 15 is 0 Å². The predicted molar refractivity (Wildman–Crippen MR) is 92.5 cm³/mol. The van der Waals surface area contributed by atoms with Crippen molar-refractivity contribution in [3.8, 4) is 17.0 Å². The van der Waals surface area contributed by atoms with Gasteiger partial charge in [0.05, 0.1) is 11.9 Å². The first-order chi connectivity index (χ1) is 11.1. The minimum Gasteiger partial charge on any atom is -0.489 e. The third-order valence-electron chi connectivity index (χ3n) is 4.06. The highest BCUT2D eigenvalue weighted by Gasteiger charge is 2.10. The van der Waals surface area contributed by atoms with Crippen LogP contribution in [0.1, 0.15) is 22.3 Å². The van der Waals surface area contributed by atoms with Crippen LogP contribution in [0, 0.1) is 20.8 Å². The summed E-state index contributed by atoms with van der Waals surface area (Å²) in [5.74, 6) is 0.869. The average Bonchev–Trinajstić information content (AvgIpc) is 2.57. The smallest absolute Gasteiger partial charge is 0.120 e. The molecule has 3 nitrogen and oxygen atoms in total. The quantitative estimate of drug-likeness (QED) is 0.704. The van der Waals surface area contributed by atoms with E-state index in [1.54, 1.807) is 6.20 Å². The largest absolute Gasteiger partial charge is 0.489 e. The van der Waals surface area contributed by atoms with Crippen LogP contribution in [-0.2, 0) is 6.61 Å². The lowest BCUT2D eigenvalue weighted by molar-refractivity contribution is 0.306. The maximum atomic E-state index is 5.88. The lowest BCUT2D eigenvalue weighted by Gasteiger charge is -2.12. The Morgan fingerprint density at radius 3 is 2.43 bits per heavy atom. The molecule has 1 heterocycles. The van der Waals surface area contributed by atoms with Crippen molar-refractivity contribution < 1.29 is 4.74 Å². The van der Waals surface area contributed by atoms with Crippen molar-refractivity contribution in [1.29, 1.82) is 0 Å². The zero-order chi connectivity index (χ0) is 16.2. The molecule has 0 amide bonds. The van der Waals surface area contributed by atoms with E-state index in [0.29, 0.717) is 6.61 Å². The molecule has 2 aromatic carbocycles. The van der Waals surface area contributed by atoms with Gasteiger partial charge in [-0.25, -0.2) is 0 Å². The Labute approximate surface area is 137 Å². The molecule has 0 aliphatic carbocycles. The second-order valence-electron chi connectivity index (χ2n) is 5.75. The standard InChI is InChI=1S/C20H20N2O/c1-14-11-18(23-13-17-7-5-4-6-8-17)9-10-19(14)20-16(3)15(2)12-21-22-20/h4-12H,13H2,1-3H3. The molecule has 3 heteroatoms. The van der Waals surface area contributed by atoms with Crippen molar-refractivity contribution in [3.63, 3.8) is 0 Å². The maximum Gasteiger partial charge on any atom is 0.120 e. The van der Waals surface area contributed by atoms with Gasteiger partial charge in [0.1, 0.15) is 12.4 Å². The second-order valence-corrected chi connectivity index (χ2v) is 5.75. The van der Waals surface area contributed by atoms with E-state index in [1.165, 1.54) is 5.56 Å². The molecule has 0 bridgehead atoms. The summed E-state index contributed by atoms with van der Waals surface area (Å²) in [5, 5.41) is 8.38. The van der Waals surface area contributed by atoms with Crippen molar-refractivity contribution >= 4 is 0 Å². The van der Waals surface area contributed by atoms with Crippen molar-refractivity contribution in [1.82, 2.24) is 10.2 Å². The van der Waals surface area contributed by atoms with E-state index in [4.69, 9.17) is 4.74 Å². The van der Waals surface area contributed by atoms with E-state index in [0.717, 1.165) is 33.7 Å². The van der Waals surface area contributed by atoms with Gasteiger partial charge < -0.3 is 4.74 Å². The number of rotatable bonds is 4. The number of nitrogens with zero attached hydrogens (tertiary/aromatic N) is 2. The van der Waals surface area contributed by atoms with Crippen molar-refractivity contribution in [2.75, 3.05) is 0 Å². The number of hydrogen-bond acceptors (Lipinski definition) is 3. The monoisotopic (exact) mass is 304 g/mol. The lowest BCUT2D eigenvalue weighted by atomic mass is 10.00. The van der Waals surface area contributed by atoms with E-state index < -0.39 is 0 Å². The molecule has 0 aliphatic rings. The van der Waals surface area contributed by atoms with Crippen molar-refractivity contribution in [3.05, 3.63) is 77.0 Å². The Kier molecular flexibility index (Phi) is 4.38. The van der Waals surface area contributed by atoms with Gasteiger partial charge in [0.2, 0.25) is 0 Å². The topological polar surface area (TPSA) is 35.0 Å². The number of benzene rings is 2. The highest BCUT2D eigenvalue weighted by molar-refractivity contribution is 5.68. The minimum atomic E-state index is 0.572. The van der Waals surface area contributed by atoms with Crippen molar-refractivity contribution in [2.24, 2.45) is 0 Å². The summed E-state index contributed by atoms with van der Waals surface area (Å²) < 4.78 is 5.88. The summed E-state index contributed by atoms with van der Waals surface area (Å²) in [6.07, 6.45) is 1.80. The first-order valence-electron chi connectivity index (χ1n) is 7.72. The van der Waals surface area contributed by atoms with Crippen LogP contribution in [0.5, 0.6) is 5.75 Å².